The van der Waals surface area contributed by atoms with E-state index in [1.165, 1.54) is 5.56 Å². The summed E-state index contributed by atoms with van der Waals surface area (Å²) >= 11 is 5.76. The lowest BCUT2D eigenvalue weighted by molar-refractivity contribution is 0.174. The van der Waals surface area contributed by atoms with Gasteiger partial charge < -0.3 is 23.7 Å². The van der Waals surface area contributed by atoms with Crippen molar-refractivity contribution in [3.8, 4) is 11.5 Å². The third-order valence-electron chi connectivity index (χ3n) is 6.14. The van der Waals surface area contributed by atoms with Gasteiger partial charge in [-0.25, -0.2) is 9.97 Å². The molecule has 2 N–H and O–H groups in total. The van der Waals surface area contributed by atoms with E-state index in [1.54, 1.807) is 6.33 Å². The minimum absolute atomic E-state index is 0.300. The quantitative estimate of drug-likeness (QED) is 0.287. The van der Waals surface area contributed by atoms with Crippen LogP contribution in [0.4, 0.5) is 5.82 Å². The van der Waals surface area contributed by atoms with Crippen molar-refractivity contribution in [2.24, 2.45) is 0 Å². The van der Waals surface area contributed by atoms with Gasteiger partial charge in [0.2, 0.25) is 6.79 Å². The smallest absolute Gasteiger partial charge is 0.394 e. The van der Waals surface area contributed by atoms with E-state index in [-0.39, 0.29) is 0 Å². The number of anilines is 1. The molecule has 1 fully saturated rings. The zero-order valence-corrected chi connectivity index (χ0v) is 21.2. The molecular formula is C24H24N4O7S2. The van der Waals surface area contributed by atoms with E-state index >= 15 is 0 Å². The molecule has 13 heteroatoms. The van der Waals surface area contributed by atoms with Gasteiger partial charge in [0.1, 0.15) is 17.4 Å². The monoisotopic (exact) mass is 544 g/mol. The summed E-state index contributed by atoms with van der Waals surface area (Å²) in [7, 11) is -4.67. The Bertz CT molecular complexity index is 1540. The standard InChI is InChI=1S/C24H22N4O3S.H2O4S/c32-21(8-6-16-5-7-19-20(13-16)30-15-29-19)27-9-11-28(12-10-27)24-23-22(25-14-26-24)17-3-1-2-4-18(17)31-23;1-5(2,3)4/h1-5,7,13-14H,6,8-12,15H2;(H2,1,2,3,4). The number of hydrogen-bond donors (Lipinski definition) is 2. The fourth-order valence-corrected chi connectivity index (χ4v) is 4.69. The number of aromatic nitrogens is 2. The van der Waals surface area contributed by atoms with Crippen LogP contribution in [-0.2, 0) is 16.8 Å². The number of para-hydroxylation sites is 1. The number of rotatable bonds is 4. The first-order chi connectivity index (χ1) is 17.8. The molecule has 2 aliphatic rings. The first-order valence-corrected chi connectivity index (χ1v) is 13.3. The molecule has 0 unspecified atom stereocenters. The number of aryl methyl sites for hydroxylation is 1. The molecule has 6 rings (SSSR count). The number of nitrogens with zero attached hydrogens (tertiary/aromatic N) is 4. The van der Waals surface area contributed by atoms with Gasteiger partial charge in [0.05, 0.1) is 4.99 Å². The highest BCUT2D eigenvalue weighted by atomic mass is 32.3. The van der Waals surface area contributed by atoms with Gasteiger partial charge in [-0.2, -0.15) is 8.42 Å². The van der Waals surface area contributed by atoms with Crippen LogP contribution in [0, 0.1) is 0 Å². The second kappa shape index (κ2) is 10.5. The van der Waals surface area contributed by atoms with Crippen molar-refractivity contribution in [2.45, 2.75) is 12.8 Å². The SMILES string of the molecule is O=S(=O)(O)O.S=C(CCc1ccc2c(c1)OCO2)N1CCN(c2ncnc3c2oc2ccccc23)CC1. The second-order valence-corrected chi connectivity index (χ2v) is 9.84. The van der Waals surface area contributed by atoms with Crippen LogP contribution in [0.15, 0.2) is 53.2 Å². The molecule has 2 aromatic heterocycles. The lowest BCUT2D eigenvalue weighted by Crippen LogP contribution is -2.48. The predicted molar refractivity (Wildman–Crippen MR) is 141 cm³/mol. The molecule has 0 radical (unpaired) electrons. The fraction of sp³-hybridized carbons (Fsp3) is 0.292. The van der Waals surface area contributed by atoms with E-state index in [0.717, 1.165) is 83.4 Å². The molecule has 0 spiro atoms. The highest BCUT2D eigenvalue weighted by Gasteiger charge is 2.24. The molecule has 2 aliphatic heterocycles. The molecule has 0 bridgehead atoms. The first-order valence-electron chi connectivity index (χ1n) is 11.5. The van der Waals surface area contributed by atoms with Gasteiger partial charge in [-0.1, -0.05) is 30.4 Å². The number of furan rings is 1. The third kappa shape index (κ3) is 5.91. The van der Waals surface area contributed by atoms with Crippen molar-refractivity contribution in [2.75, 3.05) is 37.9 Å². The van der Waals surface area contributed by atoms with Crippen molar-refractivity contribution >= 4 is 55.5 Å². The summed E-state index contributed by atoms with van der Waals surface area (Å²) in [5.74, 6) is 2.50. The van der Waals surface area contributed by atoms with Crippen molar-refractivity contribution in [1.29, 1.82) is 0 Å². The molecule has 37 heavy (non-hydrogen) atoms. The molecule has 0 atom stereocenters. The summed E-state index contributed by atoms with van der Waals surface area (Å²) in [6.45, 7) is 3.71. The van der Waals surface area contributed by atoms with Gasteiger partial charge in [-0.3, -0.25) is 9.11 Å². The molecule has 194 valence electrons. The van der Waals surface area contributed by atoms with Crippen molar-refractivity contribution in [3.05, 3.63) is 54.4 Å². The molecule has 4 heterocycles. The number of piperazine rings is 1. The van der Waals surface area contributed by atoms with E-state index < -0.39 is 10.4 Å². The number of fused-ring (bicyclic) bond motifs is 4. The Morgan fingerprint density at radius 1 is 1.00 bits per heavy atom. The zero-order valence-electron chi connectivity index (χ0n) is 19.6. The average molecular weight is 545 g/mol. The zero-order chi connectivity index (χ0) is 26.0. The maximum Gasteiger partial charge on any atom is 0.394 e. The van der Waals surface area contributed by atoms with Gasteiger partial charge in [-0.05, 0) is 36.2 Å². The van der Waals surface area contributed by atoms with Crippen LogP contribution < -0.4 is 14.4 Å². The molecule has 0 aliphatic carbocycles. The van der Waals surface area contributed by atoms with E-state index in [4.69, 9.17) is 43.6 Å². The van der Waals surface area contributed by atoms with Crippen LogP contribution in [0.1, 0.15) is 12.0 Å². The number of benzene rings is 2. The Morgan fingerprint density at radius 3 is 2.51 bits per heavy atom. The Hall–Kier alpha value is -3.52. The minimum Gasteiger partial charge on any atom is -0.454 e. The van der Waals surface area contributed by atoms with E-state index in [9.17, 15) is 0 Å². The van der Waals surface area contributed by atoms with Gasteiger partial charge in [0, 0.05) is 38.0 Å². The van der Waals surface area contributed by atoms with Crippen LogP contribution >= 0.6 is 12.2 Å². The summed E-state index contributed by atoms with van der Waals surface area (Å²) in [5, 5.41) is 1.02. The maximum absolute atomic E-state index is 8.74. The highest BCUT2D eigenvalue weighted by molar-refractivity contribution is 7.80. The summed E-state index contributed by atoms with van der Waals surface area (Å²) in [6.07, 6.45) is 3.36. The largest absolute Gasteiger partial charge is 0.454 e. The van der Waals surface area contributed by atoms with Crippen molar-refractivity contribution < 1.29 is 31.4 Å². The molecule has 11 nitrogen and oxygen atoms in total. The number of hydrogen-bond acceptors (Lipinski definition) is 9. The Kier molecular flexibility index (Phi) is 7.11. The average Bonchev–Trinajstić information content (AvgIpc) is 3.50. The van der Waals surface area contributed by atoms with Gasteiger partial charge >= 0.3 is 10.4 Å². The third-order valence-corrected chi connectivity index (χ3v) is 6.60. The summed E-state index contributed by atoms with van der Waals surface area (Å²) < 4.78 is 48.6. The van der Waals surface area contributed by atoms with Gasteiger partial charge in [0.25, 0.3) is 0 Å². The maximum atomic E-state index is 8.74. The molecule has 4 aromatic rings. The van der Waals surface area contributed by atoms with Crippen LogP contribution in [0.3, 0.4) is 0 Å². The van der Waals surface area contributed by atoms with E-state index in [2.05, 4.69) is 31.9 Å². The first kappa shape index (κ1) is 25.1. The molecule has 1 saturated heterocycles. The van der Waals surface area contributed by atoms with E-state index in [0.29, 0.717) is 6.79 Å². The molecular weight excluding hydrogens is 520 g/mol. The van der Waals surface area contributed by atoms with Gasteiger partial charge in [-0.15, -0.1) is 0 Å². The van der Waals surface area contributed by atoms with Crippen molar-refractivity contribution in [1.82, 2.24) is 14.9 Å². The van der Waals surface area contributed by atoms with Crippen LogP contribution in [-0.4, -0.2) is 70.4 Å². The lowest BCUT2D eigenvalue weighted by atomic mass is 10.1. The second-order valence-electron chi connectivity index (χ2n) is 8.48. The lowest BCUT2D eigenvalue weighted by Gasteiger charge is -2.36. The van der Waals surface area contributed by atoms with Crippen LogP contribution in [0.2, 0.25) is 0 Å². The van der Waals surface area contributed by atoms with Crippen molar-refractivity contribution in [3.63, 3.8) is 0 Å². The number of ether oxygens (including phenoxy) is 2. The molecule has 0 saturated carbocycles. The molecule has 0 amide bonds. The topological polar surface area (TPSA) is 138 Å². The number of thiocarbonyl (C=S) groups is 1. The Balaban J connectivity index is 0.000000514. The normalized spacial score (nSPS) is 15.1. The van der Waals surface area contributed by atoms with Crippen LogP contribution in [0.25, 0.3) is 22.1 Å². The van der Waals surface area contributed by atoms with Crippen LogP contribution in [0.5, 0.6) is 11.5 Å². The highest BCUT2D eigenvalue weighted by Crippen LogP contribution is 2.34. The Morgan fingerprint density at radius 2 is 1.73 bits per heavy atom. The predicted octanol–water partition coefficient (Wildman–Crippen LogP) is 3.53. The Labute approximate surface area is 218 Å². The minimum atomic E-state index is -4.67. The fourth-order valence-electron chi connectivity index (χ4n) is 4.41. The summed E-state index contributed by atoms with van der Waals surface area (Å²) in [5.41, 5.74) is 3.68. The summed E-state index contributed by atoms with van der Waals surface area (Å²) in [6, 6.07) is 14.1. The molecule has 2 aromatic carbocycles. The van der Waals surface area contributed by atoms with Gasteiger partial charge in [0.15, 0.2) is 22.9 Å². The summed E-state index contributed by atoms with van der Waals surface area (Å²) in [4.78, 5) is 14.6. The van der Waals surface area contributed by atoms with E-state index in [1.807, 2.05) is 30.3 Å².